The summed E-state index contributed by atoms with van der Waals surface area (Å²) in [4.78, 5) is 23.5. The lowest BCUT2D eigenvalue weighted by Crippen LogP contribution is -2.17. The van der Waals surface area contributed by atoms with Crippen LogP contribution in [0.2, 0.25) is 5.28 Å². The molecule has 2 N–H and O–H groups in total. The quantitative estimate of drug-likeness (QED) is 0.730. The molecule has 1 aromatic carbocycles. The van der Waals surface area contributed by atoms with Crippen molar-refractivity contribution < 1.29 is 13.9 Å². The summed E-state index contributed by atoms with van der Waals surface area (Å²) in [5, 5.41) is 0.0770. The van der Waals surface area contributed by atoms with Crippen LogP contribution in [0.15, 0.2) is 36.0 Å². The topological polar surface area (TPSA) is 91.0 Å². The van der Waals surface area contributed by atoms with Crippen LogP contribution in [0.4, 0.5) is 9.18 Å². The number of hydrogen-bond acceptors (Lipinski definition) is 6. The van der Waals surface area contributed by atoms with Gasteiger partial charge in [-0.2, -0.15) is 0 Å². The molecule has 0 saturated carbocycles. The number of rotatable bonds is 3. The molecule has 0 unspecified atom stereocenters. The first kappa shape index (κ1) is 15.3. The van der Waals surface area contributed by atoms with Crippen LogP contribution in [0.5, 0.6) is 5.75 Å². The molecular weight excluding hydrogens is 343 g/mol. The van der Waals surface area contributed by atoms with Gasteiger partial charge in [-0.25, -0.2) is 24.1 Å². The lowest BCUT2D eigenvalue weighted by molar-refractivity contribution is 0.209. The van der Waals surface area contributed by atoms with Crippen LogP contribution < -0.4 is 10.5 Å². The van der Waals surface area contributed by atoms with E-state index in [1.54, 1.807) is 11.6 Å². The van der Waals surface area contributed by atoms with Gasteiger partial charge in [0.2, 0.25) is 5.28 Å². The van der Waals surface area contributed by atoms with E-state index < -0.39 is 11.9 Å². The van der Waals surface area contributed by atoms with Crippen molar-refractivity contribution in [3.63, 3.8) is 0 Å². The number of primary amides is 1. The molecule has 0 bridgehead atoms. The van der Waals surface area contributed by atoms with Crippen LogP contribution in [-0.4, -0.2) is 21.0 Å². The maximum absolute atomic E-state index is 14.5. The number of benzene rings is 1. The summed E-state index contributed by atoms with van der Waals surface area (Å²) in [5.41, 5.74) is 7.52. The van der Waals surface area contributed by atoms with Gasteiger partial charge < -0.3 is 10.5 Å². The summed E-state index contributed by atoms with van der Waals surface area (Å²) in [7, 11) is 0. The van der Waals surface area contributed by atoms with Gasteiger partial charge in [0.05, 0.1) is 21.8 Å². The molecule has 2 heterocycles. The molecule has 116 valence electrons. The number of amides is 1. The molecule has 0 aliphatic heterocycles. The molecule has 3 aromatic rings. The van der Waals surface area contributed by atoms with Gasteiger partial charge in [0, 0.05) is 11.8 Å². The van der Waals surface area contributed by atoms with E-state index in [1.807, 2.05) is 0 Å². The molecule has 0 saturated heterocycles. The standard InChI is InChI=1S/C14H8ClFN4O2S/c15-13-18-5-4-8(20-13)12-11(19-6-23-12)7-2-1-3-9(10(7)16)22-14(17)21/h1-6H,(H2,17,21). The molecule has 1 amide bonds. The second kappa shape index (κ2) is 6.27. The number of carbonyl (C=O) groups excluding carboxylic acids is 1. The number of ether oxygens (including phenoxy) is 1. The maximum atomic E-state index is 14.5. The van der Waals surface area contributed by atoms with Gasteiger partial charge in [-0.1, -0.05) is 6.07 Å². The fraction of sp³-hybridized carbons (Fsp3) is 0. The van der Waals surface area contributed by atoms with Gasteiger partial charge in [0.15, 0.2) is 11.6 Å². The van der Waals surface area contributed by atoms with Crippen molar-refractivity contribution in [1.82, 2.24) is 15.0 Å². The predicted molar refractivity (Wildman–Crippen MR) is 83.8 cm³/mol. The lowest BCUT2D eigenvalue weighted by Gasteiger charge is -2.07. The Morgan fingerprint density at radius 3 is 2.87 bits per heavy atom. The Morgan fingerprint density at radius 1 is 1.30 bits per heavy atom. The summed E-state index contributed by atoms with van der Waals surface area (Å²) >= 11 is 7.07. The Kier molecular flexibility index (Phi) is 4.18. The zero-order valence-corrected chi connectivity index (χ0v) is 12.9. The Morgan fingerprint density at radius 2 is 2.13 bits per heavy atom. The largest absolute Gasteiger partial charge is 0.410 e. The molecule has 0 fully saturated rings. The molecule has 9 heteroatoms. The van der Waals surface area contributed by atoms with Gasteiger partial charge in [-0.05, 0) is 29.8 Å². The normalized spacial score (nSPS) is 10.5. The fourth-order valence-electron chi connectivity index (χ4n) is 1.96. The number of halogens is 2. The Labute approximate surface area is 138 Å². The molecule has 23 heavy (non-hydrogen) atoms. The van der Waals surface area contributed by atoms with Crippen molar-refractivity contribution >= 4 is 29.0 Å². The third-order valence-corrected chi connectivity index (χ3v) is 3.89. The SMILES string of the molecule is NC(=O)Oc1cccc(-c2ncsc2-c2ccnc(Cl)n2)c1F. The second-order valence-electron chi connectivity index (χ2n) is 4.28. The fourth-order valence-corrected chi connectivity index (χ4v) is 2.88. The number of thiazole rings is 1. The van der Waals surface area contributed by atoms with Crippen molar-refractivity contribution in [3.8, 4) is 27.6 Å². The summed E-state index contributed by atoms with van der Waals surface area (Å²) in [6.07, 6.45) is 0.402. The Balaban J connectivity index is 2.11. The van der Waals surface area contributed by atoms with Crippen molar-refractivity contribution in [2.24, 2.45) is 5.73 Å². The van der Waals surface area contributed by atoms with E-state index in [9.17, 15) is 9.18 Å². The highest BCUT2D eigenvalue weighted by Crippen LogP contribution is 2.37. The van der Waals surface area contributed by atoms with E-state index in [4.69, 9.17) is 17.3 Å². The minimum Gasteiger partial charge on any atom is -0.407 e. The highest BCUT2D eigenvalue weighted by atomic mass is 35.5. The molecule has 2 aromatic heterocycles. The minimum atomic E-state index is -1.10. The van der Waals surface area contributed by atoms with Gasteiger partial charge in [0.1, 0.15) is 0 Å². The molecule has 3 rings (SSSR count). The van der Waals surface area contributed by atoms with Crippen LogP contribution in [0, 0.1) is 5.82 Å². The van der Waals surface area contributed by atoms with Gasteiger partial charge in [-0.15, -0.1) is 11.3 Å². The van der Waals surface area contributed by atoms with Gasteiger partial charge in [0.25, 0.3) is 0 Å². The zero-order chi connectivity index (χ0) is 16.4. The van der Waals surface area contributed by atoms with E-state index in [0.717, 1.165) is 0 Å². The van der Waals surface area contributed by atoms with Gasteiger partial charge >= 0.3 is 6.09 Å². The zero-order valence-electron chi connectivity index (χ0n) is 11.4. The van der Waals surface area contributed by atoms with Crippen molar-refractivity contribution in [1.29, 1.82) is 0 Å². The van der Waals surface area contributed by atoms with E-state index in [1.165, 1.54) is 35.7 Å². The molecule has 0 atom stereocenters. The first-order valence-corrected chi connectivity index (χ1v) is 7.50. The van der Waals surface area contributed by atoms with E-state index >= 15 is 0 Å². The molecule has 0 radical (unpaired) electrons. The molecular formula is C14H8ClFN4O2S. The summed E-state index contributed by atoms with van der Waals surface area (Å²) in [6.45, 7) is 0. The second-order valence-corrected chi connectivity index (χ2v) is 5.47. The Bertz CT molecular complexity index is 887. The van der Waals surface area contributed by atoms with Crippen LogP contribution in [0.25, 0.3) is 21.8 Å². The first-order valence-electron chi connectivity index (χ1n) is 6.25. The van der Waals surface area contributed by atoms with E-state index in [2.05, 4.69) is 19.7 Å². The van der Waals surface area contributed by atoms with Crippen molar-refractivity contribution in [3.05, 3.63) is 47.1 Å². The Hall–Kier alpha value is -2.58. The third-order valence-electron chi connectivity index (χ3n) is 2.86. The number of nitrogens with zero attached hydrogens (tertiary/aromatic N) is 3. The van der Waals surface area contributed by atoms with Crippen LogP contribution in [0.3, 0.4) is 0 Å². The predicted octanol–water partition coefficient (Wildman–Crippen LogP) is 3.52. The molecule has 6 nitrogen and oxygen atoms in total. The summed E-state index contributed by atoms with van der Waals surface area (Å²) in [5.74, 6) is -1.01. The van der Waals surface area contributed by atoms with E-state index in [0.29, 0.717) is 16.3 Å². The average Bonchev–Trinajstić information content (AvgIpc) is 2.98. The maximum Gasteiger partial charge on any atom is 0.410 e. The minimum absolute atomic E-state index is 0.0770. The number of hydrogen-bond donors (Lipinski definition) is 1. The van der Waals surface area contributed by atoms with Gasteiger partial charge in [-0.3, -0.25) is 0 Å². The van der Waals surface area contributed by atoms with Crippen LogP contribution in [-0.2, 0) is 0 Å². The average molecular weight is 351 g/mol. The number of carbonyl (C=O) groups is 1. The molecule has 0 spiro atoms. The van der Waals surface area contributed by atoms with Crippen molar-refractivity contribution in [2.45, 2.75) is 0 Å². The third kappa shape index (κ3) is 3.13. The highest BCUT2D eigenvalue weighted by Gasteiger charge is 2.19. The lowest BCUT2D eigenvalue weighted by atomic mass is 10.1. The number of aromatic nitrogens is 3. The summed E-state index contributed by atoms with van der Waals surface area (Å²) in [6, 6.07) is 6.00. The van der Waals surface area contributed by atoms with Crippen LogP contribution >= 0.6 is 22.9 Å². The number of nitrogens with two attached hydrogens (primary N) is 1. The summed E-state index contributed by atoms with van der Waals surface area (Å²) < 4.78 is 19.2. The molecule has 0 aliphatic rings. The molecule has 0 aliphatic carbocycles. The monoisotopic (exact) mass is 350 g/mol. The van der Waals surface area contributed by atoms with E-state index in [-0.39, 0.29) is 16.6 Å². The van der Waals surface area contributed by atoms with Crippen molar-refractivity contribution in [2.75, 3.05) is 0 Å². The first-order chi connectivity index (χ1) is 11.1. The highest BCUT2D eigenvalue weighted by molar-refractivity contribution is 7.13. The smallest absolute Gasteiger partial charge is 0.407 e. The van der Waals surface area contributed by atoms with Crippen LogP contribution in [0.1, 0.15) is 0 Å².